The minimum Gasteiger partial charge on any atom is -0.454 e. The maximum atomic E-state index is 12.6. The van der Waals surface area contributed by atoms with Gasteiger partial charge < -0.3 is 15.1 Å². The molecule has 1 saturated heterocycles. The summed E-state index contributed by atoms with van der Waals surface area (Å²) >= 11 is 0. The molecular formula is C15H19N5O2. The van der Waals surface area contributed by atoms with Crippen molar-refractivity contribution < 1.29 is 9.21 Å². The van der Waals surface area contributed by atoms with Gasteiger partial charge in [-0.05, 0) is 25.0 Å². The van der Waals surface area contributed by atoms with Gasteiger partial charge in [0.05, 0.1) is 6.20 Å². The van der Waals surface area contributed by atoms with Crippen LogP contribution in [0.5, 0.6) is 0 Å². The lowest BCUT2D eigenvalue weighted by atomic mass is 9.66. The smallest absolute Gasteiger partial charge is 0.289 e. The SMILES string of the molecule is NC1CN(C(=O)c2ccc(Cn3ccnn3)o2)CC12CCC2. The summed E-state index contributed by atoms with van der Waals surface area (Å²) in [6.45, 7) is 1.85. The highest BCUT2D eigenvalue weighted by Gasteiger charge is 2.50. The zero-order valence-electron chi connectivity index (χ0n) is 12.3. The Kier molecular flexibility index (Phi) is 3.04. The van der Waals surface area contributed by atoms with Crippen molar-refractivity contribution >= 4 is 5.91 Å². The molecule has 0 radical (unpaired) electrons. The molecule has 22 heavy (non-hydrogen) atoms. The van der Waals surface area contributed by atoms with Crippen LogP contribution in [0.4, 0.5) is 0 Å². The van der Waals surface area contributed by atoms with Crippen molar-refractivity contribution in [2.45, 2.75) is 31.8 Å². The molecule has 4 rings (SSSR count). The van der Waals surface area contributed by atoms with Crippen molar-refractivity contribution in [3.8, 4) is 0 Å². The molecule has 2 aromatic rings. The van der Waals surface area contributed by atoms with Gasteiger partial charge in [0.1, 0.15) is 12.3 Å². The van der Waals surface area contributed by atoms with Crippen LogP contribution in [-0.2, 0) is 6.54 Å². The molecule has 2 aromatic heterocycles. The van der Waals surface area contributed by atoms with E-state index in [0.29, 0.717) is 24.6 Å². The molecule has 0 aromatic carbocycles. The van der Waals surface area contributed by atoms with Crippen molar-refractivity contribution in [1.29, 1.82) is 0 Å². The topological polar surface area (TPSA) is 90.2 Å². The van der Waals surface area contributed by atoms with Crippen molar-refractivity contribution in [2.75, 3.05) is 13.1 Å². The van der Waals surface area contributed by atoms with Gasteiger partial charge in [0.25, 0.3) is 5.91 Å². The van der Waals surface area contributed by atoms with E-state index in [0.717, 1.165) is 19.4 Å². The fourth-order valence-corrected chi connectivity index (χ4v) is 3.52. The average molecular weight is 301 g/mol. The third kappa shape index (κ3) is 2.12. The van der Waals surface area contributed by atoms with Crippen LogP contribution in [0, 0.1) is 5.41 Å². The molecule has 3 heterocycles. The van der Waals surface area contributed by atoms with Crippen LogP contribution in [0.1, 0.15) is 35.6 Å². The lowest BCUT2D eigenvalue weighted by molar-refractivity contribution is 0.0695. The Morgan fingerprint density at radius 1 is 1.45 bits per heavy atom. The summed E-state index contributed by atoms with van der Waals surface area (Å²) in [7, 11) is 0. The normalized spacial score (nSPS) is 23.0. The number of nitrogens with zero attached hydrogens (tertiary/aromatic N) is 4. The van der Waals surface area contributed by atoms with Crippen molar-refractivity contribution in [3.05, 3.63) is 36.0 Å². The standard InChI is InChI=1S/C15H19N5O2/c16-13-9-19(10-15(13)4-1-5-15)14(21)12-3-2-11(22-12)8-20-7-6-17-18-20/h2-3,6-7,13H,1,4-5,8-10,16H2. The Labute approximate surface area is 128 Å². The zero-order chi connectivity index (χ0) is 15.2. The van der Waals surface area contributed by atoms with Gasteiger partial charge >= 0.3 is 0 Å². The third-order valence-electron chi connectivity index (χ3n) is 5.01. The Bertz CT molecular complexity index is 674. The maximum Gasteiger partial charge on any atom is 0.289 e. The number of nitrogens with two attached hydrogens (primary N) is 1. The number of carbonyl (C=O) groups excluding carboxylic acids is 1. The van der Waals surface area contributed by atoms with E-state index in [1.165, 1.54) is 6.42 Å². The van der Waals surface area contributed by atoms with Crippen LogP contribution >= 0.6 is 0 Å². The highest BCUT2D eigenvalue weighted by Crippen LogP contribution is 2.47. The maximum absolute atomic E-state index is 12.6. The summed E-state index contributed by atoms with van der Waals surface area (Å²) in [5.74, 6) is 0.999. The number of likely N-dealkylation sites (tertiary alicyclic amines) is 1. The molecule has 1 unspecified atom stereocenters. The zero-order valence-corrected chi connectivity index (χ0v) is 12.3. The largest absolute Gasteiger partial charge is 0.454 e. The molecule has 2 aliphatic rings. The van der Waals surface area contributed by atoms with Crippen LogP contribution in [0.25, 0.3) is 0 Å². The average Bonchev–Trinajstić information content (AvgIpc) is 3.17. The van der Waals surface area contributed by atoms with Gasteiger partial charge in [-0.1, -0.05) is 11.6 Å². The molecule has 1 amide bonds. The van der Waals surface area contributed by atoms with Crippen LogP contribution in [0.15, 0.2) is 28.9 Å². The van der Waals surface area contributed by atoms with E-state index >= 15 is 0 Å². The Balaban J connectivity index is 1.46. The second-order valence-corrected chi connectivity index (χ2v) is 6.37. The van der Waals surface area contributed by atoms with E-state index in [2.05, 4.69) is 10.3 Å². The van der Waals surface area contributed by atoms with E-state index in [4.69, 9.17) is 10.2 Å². The summed E-state index contributed by atoms with van der Waals surface area (Å²) in [6, 6.07) is 3.63. The number of hydrogen-bond donors (Lipinski definition) is 1. The lowest BCUT2D eigenvalue weighted by Gasteiger charge is -2.41. The second-order valence-electron chi connectivity index (χ2n) is 6.37. The van der Waals surface area contributed by atoms with Crippen molar-refractivity contribution in [2.24, 2.45) is 11.1 Å². The van der Waals surface area contributed by atoms with Crippen LogP contribution in [0.2, 0.25) is 0 Å². The third-order valence-corrected chi connectivity index (χ3v) is 5.01. The number of aromatic nitrogens is 3. The molecule has 1 saturated carbocycles. The minimum absolute atomic E-state index is 0.0657. The van der Waals surface area contributed by atoms with Gasteiger partial charge in [-0.15, -0.1) is 5.10 Å². The molecular weight excluding hydrogens is 282 g/mol. The minimum atomic E-state index is -0.0657. The highest BCUT2D eigenvalue weighted by atomic mass is 16.4. The summed E-state index contributed by atoms with van der Waals surface area (Å²) < 4.78 is 7.32. The Morgan fingerprint density at radius 2 is 2.32 bits per heavy atom. The highest BCUT2D eigenvalue weighted by molar-refractivity contribution is 5.91. The van der Waals surface area contributed by atoms with E-state index in [1.54, 1.807) is 23.1 Å². The van der Waals surface area contributed by atoms with Crippen molar-refractivity contribution in [3.63, 3.8) is 0 Å². The first kappa shape index (κ1) is 13.5. The van der Waals surface area contributed by atoms with Gasteiger partial charge in [0.2, 0.25) is 0 Å². The van der Waals surface area contributed by atoms with E-state index in [-0.39, 0.29) is 17.4 Å². The first-order chi connectivity index (χ1) is 10.7. The molecule has 1 aliphatic carbocycles. The first-order valence-electron chi connectivity index (χ1n) is 7.64. The number of amides is 1. The predicted molar refractivity (Wildman–Crippen MR) is 78.0 cm³/mol. The monoisotopic (exact) mass is 301 g/mol. The van der Waals surface area contributed by atoms with E-state index in [9.17, 15) is 4.79 Å². The van der Waals surface area contributed by atoms with Crippen LogP contribution in [-0.4, -0.2) is 44.9 Å². The fourth-order valence-electron chi connectivity index (χ4n) is 3.52. The fraction of sp³-hybridized carbons (Fsp3) is 0.533. The molecule has 1 spiro atoms. The number of rotatable bonds is 3. The second kappa shape index (κ2) is 4.95. The molecule has 2 fully saturated rings. The van der Waals surface area contributed by atoms with Crippen molar-refractivity contribution in [1.82, 2.24) is 19.9 Å². The van der Waals surface area contributed by atoms with Crippen LogP contribution < -0.4 is 5.73 Å². The Hall–Kier alpha value is -2.15. The van der Waals surface area contributed by atoms with E-state index < -0.39 is 0 Å². The van der Waals surface area contributed by atoms with Gasteiger partial charge in [-0.3, -0.25) is 4.79 Å². The summed E-state index contributed by atoms with van der Waals surface area (Å²) in [4.78, 5) is 14.4. The van der Waals surface area contributed by atoms with E-state index in [1.807, 2.05) is 11.0 Å². The summed E-state index contributed by atoms with van der Waals surface area (Å²) in [5, 5.41) is 7.63. The molecule has 1 aliphatic heterocycles. The number of hydrogen-bond acceptors (Lipinski definition) is 5. The molecule has 2 N–H and O–H groups in total. The van der Waals surface area contributed by atoms with Gasteiger partial charge in [0, 0.05) is 30.7 Å². The molecule has 7 nitrogen and oxygen atoms in total. The molecule has 116 valence electrons. The van der Waals surface area contributed by atoms with Gasteiger partial charge in [-0.25, -0.2) is 4.68 Å². The number of carbonyl (C=O) groups is 1. The summed E-state index contributed by atoms with van der Waals surface area (Å²) in [6.07, 6.45) is 6.85. The van der Waals surface area contributed by atoms with Gasteiger partial charge in [-0.2, -0.15) is 0 Å². The molecule has 0 bridgehead atoms. The Morgan fingerprint density at radius 3 is 2.95 bits per heavy atom. The molecule has 7 heteroatoms. The first-order valence-corrected chi connectivity index (χ1v) is 7.64. The quantitative estimate of drug-likeness (QED) is 0.908. The van der Waals surface area contributed by atoms with Crippen LogP contribution in [0.3, 0.4) is 0 Å². The molecule has 1 atom stereocenters. The predicted octanol–water partition coefficient (Wildman–Crippen LogP) is 0.873. The number of furan rings is 1. The lowest BCUT2D eigenvalue weighted by Crippen LogP contribution is -2.45. The van der Waals surface area contributed by atoms with Gasteiger partial charge in [0.15, 0.2) is 5.76 Å². The summed E-state index contributed by atoms with van der Waals surface area (Å²) in [5.41, 5.74) is 6.39.